The Morgan fingerprint density at radius 1 is 1.22 bits per heavy atom. The summed E-state index contributed by atoms with van der Waals surface area (Å²) in [6, 6.07) is 12.5. The molecule has 0 saturated heterocycles. The minimum absolute atomic E-state index is 0.207. The lowest BCUT2D eigenvalue weighted by atomic mass is 10.1. The Morgan fingerprint density at radius 3 is 2.67 bits per heavy atom. The monoisotopic (exact) mass is 364 g/mol. The molecule has 0 radical (unpaired) electrons. The van der Waals surface area contributed by atoms with E-state index in [0.29, 0.717) is 11.9 Å². The molecular weight excluding hydrogens is 344 g/mol. The van der Waals surface area contributed by atoms with Crippen molar-refractivity contribution < 1.29 is 14.6 Å². The third-order valence-corrected chi connectivity index (χ3v) is 5.14. The first-order valence-electron chi connectivity index (χ1n) is 8.83. The van der Waals surface area contributed by atoms with Crippen LogP contribution >= 0.6 is 0 Å². The maximum atomic E-state index is 12.8. The average Bonchev–Trinajstić information content (AvgIpc) is 3.11. The summed E-state index contributed by atoms with van der Waals surface area (Å²) in [7, 11) is 1.59. The quantitative estimate of drug-likeness (QED) is 0.746. The zero-order chi connectivity index (χ0) is 19.1. The van der Waals surface area contributed by atoms with Crippen molar-refractivity contribution in [3.63, 3.8) is 0 Å². The minimum Gasteiger partial charge on any atom is -0.506 e. The molecule has 0 fully saturated rings. The molecule has 1 aromatic heterocycles. The van der Waals surface area contributed by atoms with Crippen molar-refractivity contribution in [2.24, 2.45) is 0 Å². The van der Waals surface area contributed by atoms with Crippen molar-refractivity contribution in [3.8, 4) is 11.5 Å². The van der Waals surface area contributed by atoms with Gasteiger partial charge in [0.25, 0.3) is 11.5 Å². The van der Waals surface area contributed by atoms with Crippen LogP contribution in [0.15, 0.2) is 47.3 Å². The van der Waals surface area contributed by atoms with E-state index in [1.165, 1.54) is 0 Å². The van der Waals surface area contributed by atoms with Crippen molar-refractivity contribution in [1.29, 1.82) is 0 Å². The molecule has 2 heterocycles. The molecular formula is C21H20N2O4. The summed E-state index contributed by atoms with van der Waals surface area (Å²) in [5, 5.41) is 14.0. The van der Waals surface area contributed by atoms with E-state index in [2.05, 4.69) is 5.32 Å². The highest BCUT2D eigenvalue weighted by atomic mass is 16.5. The standard InChI is InChI=1S/C21H20N2O4/c1-12(13-6-8-15(27-2)9-7-13)22-20(25)17-19(24)16-5-3-4-14-10-11-23(18(14)16)21(17)26/h3-9,12,24H,10-11H2,1-2H3,(H,22,25)/t12-/m0/s1. The number of aryl methyl sites for hydroxylation is 2. The number of pyridine rings is 1. The molecule has 3 aromatic rings. The summed E-state index contributed by atoms with van der Waals surface area (Å²) in [5.41, 5.74) is 1.95. The Bertz CT molecular complexity index is 1100. The Morgan fingerprint density at radius 2 is 1.96 bits per heavy atom. The summed E-state index contributed by atoms with van der Waals surface area (Å²) in [5.74, 6) is -0.111. The second-order valence-electron chi connectivity index (χ2n) is 6.71. The number of para-hydroxylation sites is 1. The Kier molecular flexibility index (Phi) is 4.11. The van der Waals surface area contributed by atoms with Crippen LogP contribution in [0.5, 0.6) is 11.5 Å². The van der Waals surface area contributed by atoms with Gasteiger partial charge >= 0.3 is 0 Å². The van der Waals surface area contributed by atoms with Crippen molar-refractivity contribution >= 4 is 16.8 Å². The number of methoxy groups -OCH3 is 1. The number of carbonyl (C=O) groups excluding carboxylic acids is 1. The fourth-order valence-corrected chi connectivity index (χ4v) is 3.67. The fraction of sp³-hybridized carbons (Fsp3) is 0.238. The number of benzene rings is 2. The van der Waals surface area contributed by atoms with Gasteiger partial charge in [0, 0.05) is 11.9 Å². The van der Waals surface area contributed by atoms with E-state index in [9.17, 15) is 14.7 Å². The molecule has 27 heavy (non-hydrogen) atoms. The van der Waals surface area contributed by atoms with Gasteiger partial charge in [-0.15, -0.1) is 0 Å². The number of hydrogen-bond acceptors (Lipinski definition) is 4. The third kappa shape index (κ3) is 2.73. The van der Waals surface area contributed by atoms with Crippen LogP contribution in [0.2, 0.25) is 0 Å². The minimum atomic E-state index is -0.580. The fourth-order valence-electron chi connectivity index (χ4n) is 3.67. The molecule has 0 bridgehead atoms. The molecule has 0 spiro atoms. The molecule has 0 unspecified atom stereocenters. The first kappa shape index (κ1) is 17.1. The lowest BCUT2D eigenvalue weighted by molar-refractivity contribution is 0.0935. The van der Waals surface area contributed by atoms with Crippen LogP contribution in [-0.4, -0.2) is 22.7 Å². The highest BCUT2D eigenvalue weighted by molar-refractivity contribution is 6.03. The molecule has 6 heteroatoms. The lowest BCUT2D eigenvalue weighted by Crippen LogP contribution is -2.34. The molecule has 0 saturated carbocycles. The van der Waals surface area contributed by atoms with Crippen LogP contribution < -0.4 is 15.6 Å². The molecule has 1 aliphatic heterocycles. The molecule has 6 nitrogen and oxygen atoms in total. The van der Waals surface area contributed by atoms with Gasteiger partial charge in [-0.25, -0.2) is 0 Å². The molecule has 4 rings (SSSR count). The summed E-state index contributed by atoms with van der Waals surface area (Å²) in [6.07, 6.45) is 0.722. The third-order valence-electron chi connectivity index (χ3n) is 5.14. The van der Waals surface area contributed by atoms with Gasteiger partial charge in [-0.05, 0) is 42.7 Å². The first-order valence-corrected chi connectivity index (χ1v) is 8.83. The Labute approximate surface area is 156 Å². The van der Waals surface area contributed by atoms with E-state index in [4.69, 9.17) is 4.74 Å². The number of carbonyl (C=O) groups is 1. The molecule has 1 aliphatic rings. The molecule has 1 amide bonds. The normalized spacial score (nSPS) is 13.6. The highest BCUT2D eigenvalue weighted by Gasteiger charge is 2.26. The summed E-state index contributed by atoms with van der Waals surface area (Å²) in [4.78, 5) is 25.6. The van der Waals surface area contributed by atoms with Gasteiger partial charge in [-0.3, -0.25) is 9.59 Å². The number of amides is 1. The molecule has 138 valence electrons. The van der Waals surface area contributed by atoms with Gasteiger partial charge in [0.05, 0.1) is 18.7 Å². The number of aromatic nitrogens is 1. The topological polar surface area (TPSA) is 80.6 Å². The van der Waals surface area contributed by atoms with Crippen molar-refractivity contribution in [2.75, 3.05) is 7.11 Å². The highest BCUT2D eigenvalue weighted by Crippen LogP contribution is 2.32. The zero-order valence-electron chi connectivity index (χ0n) is 15.2. The Balaban J connectivity index is 1.70. The van der Waals surface area contributed by atoms with Crippen LogP contribution in [0.3, 0.4) is 0 Å². The van der Waals surface area contributed by atoms with E-state index in [1.807, 2.05) is 43.3 Å². The number of ether oxygens (including phenoxy) is 1. The lowest BCUT2D eigenvalue weighted by Gasteiger charge is -2.16. The van der Waals surface area contributed by atoms with E-state index < -0.39 is 11.5 Å². The smallest absolute Gasteiger partial charge is 0.267 e. The predicted octanol–water partition coefficient (Wildman–Crippen LogP) is 2.76. The van der Waals surface area contributed by atoms with Crippen LogP contribution in [0.25, 0.3) is 10.9 Å². The van der Waals surface area contributed by atoms with Crippen molar-refractivity contribution in [3.05, 3.63) is 69.5 Å². The van der Waals surface area contributed by atoms with Crippen LogP contribution in [0, 0.1) is 0 Å². The van der Waals surface area contributed by atoms with Crippen LogP contribution in [-0.2, 0) is 13.0 Å². The summed E-state index contributed by atoms with van der Waals surface area (Å²) >= 11 is 0. The average molecular weight is 364 g/mol. The molecule has 0 aliphatic carbocycles. The van der Waals surface area contributed by atoms with Crippen molar-refractivity contribution in [2.45, 2.75) is 25.9 Å². The second-order valence-corrected chi connectivity index (χ2v) is 6.71. The van der Waals surface area contributed by atoms with Crippen molar-refractivity contribution in [1.82, 2.24) is 9.88 Å². The molecule has 2 N–H and O–H groups in total. The summed E-state index contributed by atoms with van der Waals surface area (Å²) < 4.78 is 6.72. The predicted molar refractivity (Wildman–Crippen MR) is 102 cm³/mol. The van der Waals surface area contributed by atoms with E-state index in [1.54, 1.807) is 17.7 Å². The number of hydrogen-bond donors (Lipinski definition) is 2. The van der Waals surface area contributed by atoms with Gasteiger partial charge in [0.1, 0.15) is 17.1 Å². The van der Waals surface area contributed by atoms with Gasteiger partial charge in [0.2, 0.25) is 0 Å². The zero-order valence-corrected chi connectivity index (χ0v) is 15.2. The SMILES string of the molecule is COc1ccc([C@H](C)NC(=O)c2c(O)c3cccc4c3n(c2=O)CC4)cc1. The van der Waals surface area contributed by atoms with Gasteiger partial charge in [-0.2, -0.15) is 0 Å². The van der Waals surface area contributed by atoms with Crippen LogP contribution in [0.4, 0.5) is 0 Å². The van der Waals surface area contributed by atoms with Gasteiger partial charge in [0.15, 0.2) is 0 Å². The molecule has 1 atom stereocenters. The van der Waals surface area contributed by atoms with E-state index in [-0.39, 0.29) is 17.4 Å². The van der Waals surface area contributed by atoms with Crippen LogP contribution in [0.1, 0.15) is 34.5 Å². The summed E-state index contributed by atoms with van der Waals surface area (Å²) in [6.45, 7) is 2.34. The van der Waals surface area contributed by atoms with Gasteiger partial charge in [-0.1, -0.05) is 24.3 Å². The largest absolute Gasteiger partial charge is 0.506 e. The van der Waals surface area contributed by atoms with Gasteiger partial charge < -0.3 is 19.7 Å². The second kappa shape index (κ2) is 6.46. The van der Waals surface area contributed by atoms with E-state index in [0.717, 1.165) is 28.8 Å². The number of nitrogens with one attached hydrogen (secondary N) is 1. The number of rotatable bonds is 4. The number of aromatic hydroxyl groups is 1. The molecule has 2 aromatic carbocycles. The van der Waals surface area contributed by atoms with E-state index >= 15 is 0 Å². The maximum absolute atomic E-state index is 12.8. The number of nitrogens with zero attached hydrogens (tertiary/aromatic N) is 1. The first-order chi connectivity index (χ1) is 13.0. The maximum Gasteiger partial charge on any atom is 0.267 e. The Hall–Kier alpha value is -3.28.